The van der Waals surface area contributed by atoms with E-state index in [9.17, 15) is 13.6 Å². The number of amides is 1. The van der Waals surface area contributed by atoms with Crippen molar-refractivity contribution in [3.63, 3.8) is 0 Å². The van der Waals surface area contributed by atoms with Crippen molar-refractivity contribution in [3.8, 4) is 5.75 Å². The molecule has 136 valence electrons. The van der Waals surface area contributed by atoms with Gasteiger partial charge >= 0.3 is 0 Å². The van der Waals surface area contributed by atoms with E-state index >= 15 is 0 Å². The fourth-order valence-electron chi connectivity index (χ4n) is 2.30. The minimum absolute atomic E-state index is 0.0952. The first kappa shape index (κ1) is 18.1. The quantitative estimate of drug-likeness (QED) is 0.643. The molecule has 5 nitrogen and oxygen atoms in total. The van der Waals surface area contributed by atoms with Gasteiger partial charge in [-0.05, 0) is 36.4 Å². The first-order valence-electron chi connectivity index (χ1n) is 7.94. The number of carbonyl (C=O) groups is 1. The maximum atomic E-state index is 13.7. The van der Waals surface area contributed by atoms with Crippen LogP contribution in [0.4, 0.5) is 13.9 Å². The maximum Gasteiger partial charge on any atom is 0.239 e. The van der Waals surface area contributed by atoms with Crippen LogP contribution in [-0.4, -0.2) is 37.6 Å². The summed E-state index contributed by atoms with van der Waals surface area (Å²) in [5.74, 6) is -0.367. The number of anilines is 1. The first-order chi connectivity index (χ1) is 12.5. The van der Waals surface area contributed by atoms with Gasteiger partial charge in [-0.3, -0.25) is 4.79 Å². The van der Waals surface area contributed by atoms with Gasteiger partial charge in [0, 0.05) is 7.05 Å². The van der Waals surface area contributed by atoms with E-state index < -0.39 is 0 Å². The topological polar surface area (TPSA) is 54.5 Å². The third-order valence-electron chi connectivity index (χ3n) is 3.57. The highest BCUT2D eigenvalue weighted by atomic mass is 32.1. The number of rotatable bonds is 7. The van der Waals surface area contributed by atoms with Crippen LogP contribution in [0.1, 0.15) is 0 Å². The predicted molar refractivity (Wildman–Crippen MR) is 97.8 cm³/mol. The lowest BCUT2D eigenvalue weighted by molar-refractivity contribution is -0.119. The van der Waals surface area contributed by atoms with Crippen LogP contribution in [0.5, 0.6) is 5.75 Å². The molecule has 3 rings (SSSR count). The van der Waals surface area contributed by atoms with E-state index in [0.29, 0.717) is 22.9 Å². The lowest BCUT2D eigenvalue weighted by Gasteiger charge is -2.15. The minimum atomic E-state index is -0.374. The van der Waals surface area contributed by atoms with Crippen molar-refractivity contribution >= 4 is 32.6 Å². The molecule has 0 atom stereocenters. The molecule has 0 aliphatic heterocycles. The third-order valence-corrected chi connectivity index (χ3v) is 4.71. The van der Waals surface area contributed by atoms with Gasteiger partial charge in [0.2, 0.25) is 5.91 Å². The van der Waals surface area contributed by atoms with E-state index in [-0.39, 0.29) is 30.7 Å². The number of hydrogen-bond donors (Lipinski definition) is 1. The summed E-state index contributed by atoms with van der Waals surface area (Å²) in [4.78, 5) is 17.9. The van der Waals surface area contributed by atoms with Crippen LogP contribution in [0.15, 0.2) is 42.5 Å². The number of benzene rings is 2. The highest BCUT2D eigenvalue weighted by Crippen LogP contribution is 2.29. The molecule has 0 aliphatic rings. The molecule has 1 amide bonds. The molecular formula is C18H17F2N3O2S. The summed E-state index contributed by atoms with van der Waals surface area (Å²) in [6.45, 7) is 0.684. The van der Waals surface area contributed by atoms with Crippen LogP contribution < -0.4 is 15.0 Å². The molecule has 1 N–H and O–H groups in total. The number of thiazole rings is 1. The van der Waals surface area contributed by atoms with E-state index in [2.05, 4.69) is 10.3 Å². The van der Waals surface area contributed by atoms with Crippen LogP contribution >= 0.6 is 11.3 Å². The van der Waals surface area contributed by atoms with Crippen molar-refractivity contribution in [2.24, 2.45) is 0 Å². The summed E-state index contributed by atoms with van der Waals surface area (Å²) in [7, 11) is 1.73. The van der Waals surface area contributed by atoms with E-state index in [0.717, 1.165) is 4.70 Å². The molecule has 0 unspecified atom stereocenters. The number of nitrogens with one attached hydrogen (secondary N) is 1. The second-order valence-corrected chi connectivity index (χ2v) is 6.60. The molecule has 1 aromatic heterocycles. The second kappa shape index (κ2) is 8.09. The number of likely N-dealkylation sites (N-methyl/N-ethyl adjacent to an activating group) is 1. The standard InChI is InChI=1S/C18H17F2N3O2S/c1-23(18-22-17-14(20)3-2-4-15(17)26-18)11-16(24)21-9-10-25-13-7-5-12(19)6-8-13/h2-8H,9-11H2,1H3,(H,21,24). The van der Waals surface area contributed by atoms with Gasteiger partial charge in [0.1, 0.15) is 29.5 Å². The van der Waals surface area contributed by atoms with Crippen molar-refractivity contribution in [2.75, 3.05) is 31.6 Å². The Morgan fingerprint density at radius 1 is 1.23 bits per heavy atom. The van der Waals surface area contributed by atoms with Gasteiger partial charge in [0.25, 0.3) is 0 Å². The Morgan fingerprint density at radius 2 is 2.00 bits per heavy atom. The van der Waals surface area contributed by atoms with Crippen LogP contribution in [-0.2, 0) is 4.79 Å². The van der Waals surface area contributed by atoms with Gasteiger partial charge in [0.15, 0.2) is 5.13 Å². The Labute approximate surface area is 153 Å². The normalized spacial score (nSPS) is 10.7. The predicted octanol–water partition coefficient (Wildman–Crippen LogP) is 3.21. The fourth-order valence-corrected chi connectivity index (χ4v) is 3.24. The molecule has 0 saturated heterocycles. The summed E-state index contributed by atoms with van der Waals surface area (Å²) < 4.78 is 32.6. The maximum absolute atomic E-state index is 13.7. The number of aromatic nitrogens is 1. The van der Waals surface area contributed by atoms with Crippen LogP contribution in [0.25, 0.3) is 10.2 Å². The Balaban J connectivity index is 1.46. The number of halogens is 2. The second-order valence-electron chi connectivity index (χ2n) is 5.59. The van der Waals surface area contributed by atoms with Crippen LogP contribution in [0, 0.1) is 11.6 Å². The molecule has 3 aromatic rings. The summed E-state index contributed by atoms with van der Waals surface area (Å²) in [6.07, 6.45) is 0. The molecule has 0 spiro atoms. The van der Waals surface area contributed by atoms with Crippen molar-refractivity contribution < 1.29 is 18.3 Å². The number of nitrogens with zero attached hydrogens (tertiary/aromatic N) is 2. The van der Waals surface area contributed by atoms with Gasteiger partial charge in [-0.2, -0.15) is 0 Å². The number of ether oxygens (including phenoxy) is 1. The van der Waals surface area contributed by atoms with E-state index in [1.54, 1.807) is 24.1 Å². The first-order valence-corrected chi connectivity index (χ1v) is 8.76. The van der Waals surface area contributed by atoms with Crippen molar-refractivity contribution in [1.82, 2.24) is 10.3 Å². The smallest absolute Gasteiger partial charge is 0.239 e. The number of hydrogen-bond acceptors (Lipinski definition) is 5. The minimum Gasteiger partial charge on any atom is -0.492 e. The Bertz CT molecular complexity index is 899. The summed E-state index contributed by atoms with van der Waals surface area (Å²) in [5.41, 5.74) is 0.312. The summed E-state index contributed by atoms with van der Waals surface area (Å²) in [5, 5.41) is 3.31. The lowest BCUT2D eigenvalue weighted by atomic mass is 10.3. The van der Waals surface area contributed by atoms with Gasteiger partial charge < -0.3 is 15.0 Å². The molecule has 0 radical (unpaired) electrons. The van der Waals surface area contributed by atoms with Crippen LogP contribution in [0.3, 0.4) is 0 Å². The van der Waals surface area contributed by atoms with Gasteiger partial charge in [-0.1, -0.05) is 17.4 Å². The highest BCUT2D eigenvalue weighted by Gasteiger charge is 2.13. The molecule has 0 saturated carbocycles. The Morgan fingerprint density at radius 3 is 2.73 bits per heavy atom. The molecule has 8 heteroatoms. The SMILES string of the molecule is CN(CC(=O)NCCOc1ccc(F)cc1)c1nc2c(F)cccc2s1. The van der Waals surface area contributed by atoms with E-state index in [4.69, 9.17) is 4.74 Å². The van der Waals surface area contributed by atoms with E-state index in [1.807, 2.05) is 0 Å². The molecule has 0 fully saturated rings. The zero-order chi connectivity index (χ0) is 18.5. The van der Waals surface area contributed by atoms with Gasteiger partial charge in [0.05, 0.1) is 17.8 Å². The number of fused-ring (bicyclic) bond motifs is 1. The summed E-state index contributed by atoms with van der Waals surface area (Å²) in [6, 6.07) is 10.5. The monoisotopic (exact) mass is 377 g/mol. The molecule has 2 aromatic carbocycles. The largest absolute Gasteiger partial charge is 0.492 e. The average Bonchev–Trinajstić information content (AvgIpc) is 3.06. The zero-order valence-corrected chi connectivity index (χ0v) is 14.9. The van der Waals surface area contributed by atoms with Gasteiger partial charge in [-0.15, -0.1) is 0 Å². The van der Waals surface area contributed by atoms with Crippen LogP contribution in [0.2, 0.25) is 0 Å². The number of carbonyl (C=O) groups excluding carboxylic acids is 1. The zero-order valence-electron chi connectivity index (χ0n) is 14.0. The Kier molecular flexibility index (Phi) is 5.62. The van der Waals surface area contributed by atoms with Crippen molar-refractivity contribution in [3.05, 3.63) is 54.1 Å². The van der Waals surface area contributed by atoms with Crippen molar-refractivity contribution in [2.45, 2.75) is 0 Å². The Hall–Kier alpha value is -2.74. The fraction of sp³-hybridized carbons (Fsp3) is 0.222. The van der Waals surface area contributed by atoms with E-state index in [1.165, 1.54) is 41.7 Å². The molecule has 0 bridgehead atoms. The van der Waals surface area contributed by atoms with Gasteiger partial charge in [-0.25, -0.2) is 13.8 Å². The lowest BCUT2D eigenvalue weighted by Crippen LogP contribution is -2.37. The average molecular weight is 377 g/mol. The third kappa shape index (κ3) is 4.45. The molecule has 1 heterocycles. The molecule has 26 heavy (non-hydrogen) atoms. The molecule has 0 aliphatic carbocycles. The highest BCUT2D eigenvalue weighted by molar-refractivity contribution is 7.22. The summed E-state index contributed by atoms with van der Waals surface area (Å²) >= 11 is 1.33. The molecular weight excluding hydrogens is 360 g/mol. The number of para-hydroxylation sites is 1. The van der Waals surface area contributed by atoms with Crippen molar-refractivity contribution in [1.29, 1.82) is 0 Å².